The maximum absolute atomic E-state index is 11.1. The molecule has 1 aromatic carbocycles. The average molecular weight is 230 g/mol. The van der Waals surface area contributed by atoms with Crippen LogP contribution < -0.4 is 5.48 Å². The van der Waals surface area contributed by atoms with Gasteiger partial charge < -0.3 is 0 Å². The highest BCUT2D eigenvalue weighted by Crippen LogP contribution is 2.19. The minimum Gasteiger partial charge on any atom is -0.288 e. The van der Waals surface area contributed by atoms with E-state index in [9.17, 15) is 4.79 Å². The number of benzene rings is 1. The maximum atomic E-state index is 11.1. The number of carbonyl (C=O) groups is 1. The lowest BCUT2D eigenvalue weighted by molar-refractivity contribution is 0.0704. The molecular formula is C8H8BrNO2. The molecule has 0 aliphatic carbocycles. The molecule has 1 aromatic rings. The number of amides is 1. The third-order valence-electron chi connectivity index (χ3n) is 1.55. The molecule has 0 fully saturated rings. The van der Waals surface area contributed by atoms with Crippen LogP contribution in [0.1, 0.15) is 15.9 Å². The monoisotopic (exact) mass is 229 g/mol. The molecule has 12 heavy (non-hydrogen) atoms. The number of aryl methyl sites for hydroxylation is 1. The Morgan fingerprint density at radius 2 is 2.25 bits per heavy atom. The van der Waals surface area contributed by atoms with Gasteiger partial charge in [0.15, 0.2) is 0 Å². The van der Waals surface area contributed by atoms with E-state index in [1.807, 2.05) is 6.07 Å². The van der Waals surface area contributed by atoms with Crippen molar-refractivity contribution >= 4 is 21.8 Å². The Labute approximate surface area is 78.5 Å². The molecule has 0 aliphatic heterocycles. The molecular weight excluding hydrogens is 222 g/mol. The lowest BCUT2D eigenvalue weighted by Gasteiger charge is -2.04. The summed E-state index contributed by atoms with van der Waals surface area (Å²) in [5.41, 5.74) is 2.87. The number of halogens is 1. The minimum atomic E-state index is -0.500. The third-order valence-corrected chi connectivity index (χ3v) is 2.21. The average Bonchev–Trinajstić information content (AvgIpc) is 2.03. The van der Waals surface area contributed by atoms with Crippen LogP contribution in [-0.2, 0) is 0 Å². The van der Waals surface area contributed by atoms with E-state index in [0.29, 0.717) is 10.0 Å². The van der Waals surface area contributed by atoms with Gasteiger partial charge in [0, 0.05) is 4.47 Å². The summed E-state index contributed by atoms with van der Waals surface area (Å²) in [5, 5.41) is 8.42. The fourth-order valence-electron chi connectivity index (χ4n) is 0.975. The Morgan fingerprint density at radius 3 is 2.75 bits per heavy atom. The van der Waals surface area contributed by atoms with Gasteiger partial charge >= 0.3 is 0 Å². The lowest BCUT2D eigenvalue weighted by Crippen LogP contribution is -2.20. The minimum absolute atomic E-state index is 0.458. The predicted octanol–water partition coefficient (Wildman–Crippen LogP) is 1.88. The summed E-state index contributed by atoms with van der Waals surface area (Å²) in [6, 6.07) is 5.38. The van der Waals surface area contributed by atoms with Crippen molar-refractivity contribution in [1.29, 1.82) is 0 Å². The molecule has 0 saturated heterocycles. The first kappa shape index (κ1) is 9.22. The second-order valence-corrected chi connectivity index (χ2v) is 3.23. The number of carbonyl (C=O) groups excluding carboxylic acids is 1. The van der Waals surface area contributed by atoms with E-state index in [2.05, 4.69) is 15.9 Å². The van der Waals surface area contributed by atoms with Crippen LogP contribution in [0.25, 0.3) is 0 Å². The SMILES string of the molecule is Cc1cccc(Br)c1C(=O)NO. The van der Waals surface area contributed by atoms with Gasteiger partial charge in [-0.2, -0.15) is 0 Å². The van der Waals surface area contributed by atoms with E-state index < -0.39 is 5.91 Å². The summed E-state index contributed by atoms with van der Waals surface area (Å²) in [7, 11) is 0. The Morgan fingerprint density at radius 1 is 1.58 bits per heavy atom. The van der Waals surface area contributed by atoms with Crippen molar-refractivity contribution in [3.05, 3.63) is 33.8 Å². The van der Waals surface area contributed by atoms with Crippen molar-refractivity contribution in [1.82, 2.24) is 5.48 Å². The normalized spacial score (nSPS) is 9.58. The van der Waals surface area contributed by atoms with Gasteiger partial charge in [0.05, 0.1) is 5.56 Å². The van der Waals surface area contributed by atoms with Crippen molar-refractivity contribution in [3.8, 4) is 0 Å². The summed E-state index contributed by atoms with van der Waals surface area (Å²) < 4.78 is 0.675. The van der Waals surface area contributed by atoms with Crippen LogP contribution in [0.3, 0.4) is 0 Å². The summed E-state index contributed by atoms with van der Waals surface area (Å²) in [4.78, 5) is 11.1. The summed E-state index contributed by atoms with van der Waals surface area (Å²) in [6.45, 7) is 1.80. The smallest absolute Gasteiger partial charge is 0.276 e. The van der Waals surface area contributed by atoms with Crippen molar-refractivity contribution in [2.75, 3.05) is 0 Å². The third kappa shape index (κ3) is 1.65. The Hall–Kier alpha value is -0.870. The molecule has 1 rings (SSSR count). The van der Waals surface area contributed by atoms with Crippen molar-refractivity contribution in [2.45, 2.75) is 6.92 Å². The molecule has 64 valence electrons. The first-order valence-corrected chi connectivity index (χ1v) is 4.15. The predicted molar refractivity (Wildman–Crippen MR) is 48.1 cm³/mol. The lowest BCUT2D eigenvalue weighted by atomic mass is 10.1. The molecule has 0 atom stereocenters. The highest BCUT2D eigenvalue weighted by Gasteiger charge is 2.10. The number of hydrogen-bond donors (Lipinski definition) is 2. The first-order chi connectivity index (χ1) is 5.66. The largest absolute Gasteiger partial charge is 0.288 e. The second-order valence-electron chi connectivity index (χ2n) is 2.37. The number of rotatable bonds is 1. The molecule has 0 saturated carbocycles. The zero-order valence-corrected chi connectivity index (χ0v) is 8.05. The summed E-state index contributed by atoms with van der Waals surface area (Å²) >= 11 is 3.22. The molecule has 3 nitrogen and oxygen atoms in total. The van der Waals surface area contributed by atoms with Crippen LogP contribution in [0.5, 0.6) is 0 Å². The summed E-state index contributed by atoms with van der Waals surface area (Å²) in [5.74, 6) is -0.500. The van der Waals surface area contributed by atoms with Gasteiger partial charge in [-0.3, -0.25) is 10.0 Å². The van der Waals surface area contributed by atoms with Gasteiger partial charge in [-0.25, -0.2) is 5.48 Å². The van der Waals surface area contributed by atoms with E-state index >= 15 is 0 Å². The van der Waals surface area contributed by atoms with Crippen LogP contribution in [0.2, 0.25) is 0 Å². The van der Waals surface area contributed by atoms with Crippen molar-refractivity contribution in [2.24, 2.45) is 0 Å². The Kier molecular flexibility index (Phi) is 2.83. The molecule has 2 N–H and O–H groups in total. The van der Waals surface area contributed by atoms with E-state index in [1.165, 1.54) is 0 Å². The van der Waals surface area contributed by atoms with E-state index in [-0.39, 0.29) is 0 Å². The highest BCUT2D eigenvalue weighted by molar-refractivity contribution is 9.10. The Bertz CT molecular complexity index is 292. The van der Waals surface area contributed by atoms with Crippen molar-refractivity contribution in [3.63, 3.8) is 0 Å². The fraction of sp³-hybridized carbons (Fsp3) is 0.125. The molecule has 1 amide bonds. The maximum Gasteiger partial charge on any atom is 0.276 e. The number of nitrogens with one attached hydrogen (secondary N) is 1. The highest BCUT2D eigenvalue weighted by atomic mass is 79.9. The van der Waals surface area contributed by atoms with E-state index in [4.69, 9.17) is 5.21 Å². The zero-order chi connectivity index (χ0) is 9.14. The molecule has 0 unspecified atom stereocenters. The molecule has 0 bridgehead atoms. The van der Waals surface area contributed by atoms with E-state index in [1.54, 1.807) is 24.5 Å². The van der Waals surface area contributed by atoms with Crippen LogP contribution in [-0.4, -0.2) is 11.1 Å². The molecule has 4 heteroatoms. The standard InChI is InChI=1S/C8H8BrNO2/c1-5-3-2-4-6(9)7(5)8(11)10-12/h2-4,12H,1H3,(H,10,11). The molecule has 0 aliphatic rings. The van der Waals surface area contributed by atoms with E-state index in [0.717, 1.165) is 5.56 Å². The van der Waals surface area contributed by atoms with Crippen molar-refractivity contribution < 1.29 is 10.0 Å². The van der Waals surface area contributed by atoms with Gasteiger partial charge in [0.25, 0.3) is 5.91 Å². The van der Waals surface area contributed by atoms with Crippen LogP contribution in [0.4, 0.5) is 0 Å². The Balaban J connectivity index is 3.21. The van der Waals surface area contributed by atoms with Crippen LogP contribution in [0, 0.1) is 6.92 Å². The number of hydroxylamine groups is 1. The molecule has 0 spiro atoms. The number of hydrogen-bond acceptors (Lipinski definition) is 2. The molecule has 0 heterocycles. The van der Waals surface area contributed by atoms with Crippen LogP contribution in [0.15, 0.2) is 22.7 Å². The zero-order valence-electron chi connectivity index (χ0n) is 6.47. The van der Waals surface area contributed by atoms with Gasteiger partial charge in [0.1, 0.15) is 0 Å². The summed E-state index contributed by atoms with van der Waals surface area (Å²) in [6.07, 6.45) is 0. The quantitative estimate of drug-likeness (QED) is 0.571. The van der Waals surface area contributed by atoms with Gasteiger partial charge in [0.2, 0.25) is 0 Å². The first-order valence-electron chi connectivity index (χ1n) is 3.36. The van der Waals surface area contributed by atoms with Gasteiger partial charge in [-0.1, -0.05) is 12.1 Å². The molecule has 0 aromatic heterocycles. The van der Waals surface area contributed by atoms with Gasteiger partial charge in [-0.15, -0.1) is 0 Å². The fourth-order valence-corrected chi connectivity index (χ4v) is 1.62. The molecule has 0 radical (unpaired) electrons. The topological polar surface area (TPSA) is 49.3 Å². The second kappa shape index (κ2) is 3.69. The van der Waals surface area contributed by atoms with Crippen LogP contribution >= 0.6 is 15.9 Å². The van der Waals surface area contributed by atoms with Gasteiger partial charge in [-0.05, 0) is 34.5 Å².